The Morgan fingerprint density at radius 1 is 1.29 bits per heavy atom. The van der Waals surface area contributed by atoms with Crippen molar-refractivity contribution in [3.05, 3.63) is 40.5 Å². The van der Waals surface area contributed by atoms with Gasteiger partial charge in [0.1, 0.15) is 0 Å². The molecule has 0 saturated heterocycles. The number of ether oxygens (including phenoxy) is 2. The van der Waals surface area contributed by atoms with Crippen LogP contribution in [0.3, 0.4) is 0 Å². The zero-order chi connectivity index (χ0) is 15.5. The molecular weight excluding hydrogens is 336 g/mol. The van der Waals surface area contributed by atoms with Crippen molar-refractivity contribution in [3.63, 3.8) is 0 Å². The van der Waals surface area contributed by atoms with E-state index in [-0.39, 0.29) is 6.03 Å². The van der Waals surface area contributed by atoms with Crippen LogP contribution in [0.4, 0.5) is 4.79 Å². The Morgan fingerprint density at radius 3 is 2.57 bits per heavy atom. The minimum absolute atomic E-state index is 0.302. The van der Waals surface area contributed by atoms with Crippen LogP contribution in [0.25, 0.3) is 6.08 Å². The van der Waals surface area contributed by atoms with E-state index in [2.05, 4.69) is 26.6 Å². The molecule has 2 N–H and O–H groups in total. The summed E-state index contributed by atoms with van der Waals surface area (Å²) in [5.41, 5.74) is 0.985. The molecule has 116 valence electrons. The number of benzene rings is 1. The molecule has 5 nitrogen and oxygen atoms in total. The number of urea groups is 1. The molecule has 0 aromatic heterocycles. The molecule has 0 aliphatic heterocycles. The lowest BCUT2D eigenvalue weighted by atomic mass is 10.2. The molecule has 6 heteroatoms. The summed E-state index contributed by atoms with van der Waals surface area (Å²) < 4.78 is 11.6. The van der Waals surface area contributed by atoms with Crippen molar-refractivity contribution < 1.29 is 14.3 Å². The number of hydrogen-bond donors (Lipinski definition) is 2. The number of carbonyl (C=O) groups is 1. The zero-order valence-corrected chi connectivity index (χ0v) is 13.9. The van der Waals surface area contributed by atoms with E-state index in [4.69, 9.17) is 9.47 Å². The molecule has 0 heterocycles. The van der Waals surface area contributed by atoms with Gasteiger partial charge in [0.2, 0.25) is 0 Å². The standard InChI is InChI=1S/C15H21BrN2O3/c1-3-20-14(21-4-2)11-18-15(19)17-10-9-12-7-5-6-8-13(12)16/h5-10,14H,3-4,11H2,1-2H3,(H2,17,18,19)/b10-9+. The van der Waals surface area contributed by atoms with E-state index < -0.39 is 6.29 Å². The maximum Gasteiger partial charge on any atom is 0.318 e. The van der Waals surface area contributed by atoms with Crippen LogP contribution in [-0.2, 0) is 9.47 Å². The highest BCUT2D eigenvalue weighted by Gasteiger charge is 2.08. The fraction of sp³-hybridized carbons (Fsp3) is 0.400. The van der Waals surface area contributed by atoms with Gasteiger partial charge in [0.25, 0.3) is 0 Å². The smallest absolute Gasteiger partial charge is 0.318 e. The molecule has 0 spiro atoms. The number of carbonyl (C=O) groups excluding carboxylic acids is 1. The van der Waals surface area contributed by atoms with Gasteiger partial charge in [0.05, 0.1) is 6.54 Å². The van der Waals surface area contributed by atoms with Crippen LogP contribution in [0.2, 0.25) is 0 Å². The van der Waals surface area contributed by atoms with Crippen LogP contribution in [0.5, 0.6) is 0 Å². The second-order valence-corrected chi connectivity index (χ2v) is 4.90. The Morgan fingerprint density at radius 2 is 1.95 bits per heavy atom. The fourth-order valence-corrected chi connectivity index (χ4v) is 2.00. The molecule has 0 aliphatic rings. The van der Waals surface area contributed by atoms with E-state index in [1.165, 1.54) is 0 Å². The Balaban J connectivity index is 2.35. The van der Waals surface area contributed by atoms with Crippen molar-refractivity contribution in [2.75, 3.05) is 19.8 Å². The molecule has 1 aromatic carbocycles. The predicted molar refractivity (Wildman–Crippen MR) is 86.8 cm³/mol. The number of amides is 2. The minimum Gasteiger partial charge on any atom is -0.351 e. The second kappa shape index (κ2) is 10.4. The molecule has 0 atom stereocenters. The maximum atomic E-state index is 11.6. The van der Waals surface area contributed by atoms with Crippen LogP contribution >= 0.6 is 15.9 Å². The van der Waals surface area contributed by atoms with Crippen molar-refractivity contribution in [3.8, 4) is 0 Å². The number of nitrogens with one attached hydrogen (secondary N) is 2. The van der Waals surface area contributed by atoms with Crippen molar-refractivity contribution in [1.29, 1.82) is 0 Å². The van der Waals surface area contributed by atoms with E-state index in [0.29, 0.717) is 19.8 Å². The van der Waals surface area contributed by atoms with Crippen molar-refractivity contribution >= 4 is 28.0 Å². The number of halogens is 1. The molecule has 2 amide bonds. The first-order chi connectivity index (χ1) is 10.2. The van der Waals surface area contributed by atoms with Gasteiger partial charge in [-0.1, -0.05) is 34.1 Å². The molecule has 0 bridgehead atoms. The van der Waals surface area contributed by atoms with Crippen molar-refractivity contribution in [1.82, 2.24) is 10.6 Å². The van der Waals surface area contributed by atoms with E-state index >= 15 is 0 Å². The molecule has 0 radical (unpaired) electrons. The largest absolute Gasteiger partial charge is 0.351 e. The first-order valence-electron chi connectivity index (χ1n) is 6.86. The Kier molecular flexibility index (Phi) is 8.73. The normalized spacial score (nSPS) is 11.0. The molecule has 0 aliphatic carbocycles. The topological polar surface area (TPSA) is 59.6 Å². The molecule has 1 rings (SSSR count). The van der Waals surface area contributed by atoms with E-state index in [1.54, 1.807) is 6.20 Å². The van der Waals surface area contributed by atoms with E-state index in [9.17, 15) is 4.79 Å². The summed E-state index contributed by atoms with van der Waals surface area (Å²) in [5, 5.41) is 5.33. The number of hydrogen-bond acceptors (Lipinski definition) is 3. The average Bonchev–Trinajstić information content (AvgIpc) is 2.47. The summed E-state index contributed by atoms with van der Waals surface area (Å²) in [5.74, 6) is 0. The molecule has 1 aromatic rings. The lowest BCUT2D eigenvalue weighted by molar-refractivity contribution is -0.131. The van der Waals surface area contributed by atoms with Crippen molar-refractivity contribution in [2.45, 2.75) is 20.1 Å². The lowest BCUT2D eigenvalue weighted by Gasteiger charge is -2.17. The van der Waals surface area contributed by atoms with E-state index in [0.717, 1.165) is 10.0 Å². The predicted octanol–water partition coefficient (Wildman–Crippen LogP) is 3.12. The third-order valence-electron chi connectivity index (χ3n) is 2.52. The highest BCUT2D eigenvalue weighted by molar-refractivity contribution is 9.10. The lowest BCUT2D eigenvalue weighted by Crippen LogP contribution is -2.39. The first-order valence-corrected chi connectivity index (χ1v) is 7.65. The Labute approximate surface area is 133 Å². The third-order valence-corrected chi connectivity index (χ3v) is 3.24. The monoisotopic (exact) mass is 356 g/mol. The first kappa shape index (κ1) is 17.7. The van der Waals surface area contributed by atoms with Crippen molar-refractivity contribution in [2.24, 2.45) is 0 Å². The van der Waals surface area contributed by atoms with Gasteiger partial charge in [-0.3, -0.25) is 0 Å². The molecular formula is C15H21BrN2O3. The van der Waals surface area contributed by atoms with Gasteiger partial charge < -0.3 is 20.1 Å². The summed E-state index contributed by atoms with van der Waals surface area (Å²) in [6, 6.07) is 7.44. The summed E-state index contributed by atoms with van der Waals surface area (Å²) in [4.78, 5) is 11.6. The van der Waals surface area contributed by atoms with Gasteiger partial charge >= 0.3 is 6.03 Å². The molecule has 0 saturated carbocycles. The third kappa shape index (κ3) is 7.27. The van der Waals surface area contributed by atoms with E-state index in [1.807, 2.05) is 44.2 Å². The quantitative estimate of drug-likeness (QED) is 0.703. The Bertz CT molecular complexity index is 460. The van der Waals surface area contributed by atoms with Gasteiger partial charge in [-0.2, -0.15) is 0 Å². The van der Waals surface area contributed by atoms with Crippen LogP contribution in [0.1, 0.15) is 19.4 Å². The van der Waals surface area contributed by atoms with Crippen LogP contribution < -0.4 is 10.6 Å². The fourth-order valence-electron chi connectivity index (χ4n) is 1.58. The SMILES string of the molecule is CCOC(CNC(=O)N/C=C/c1ccccc1Br)OCC. The Hall–Kier alpha value is -1.37. The average molecular weight is 357 g/mol. The second-order valence-electron chi connectivity index (χ2n) is 4.05. The summed E-state index contributed by atoms with van der Waals surface area (Å²) in [6.07, 6.45) is 2.98. The van der Waals surface area contributed by atoms with Crippen LogP contribution in [0.15, 0.2) is 34.9 Å². The highest BCUT2D eigenvalue weighted by atomic mass is 79.9. The highest BCUT2D eigenvalue weighted by Crippen LogP contribution is 2.16. The van der Waals surface area contributed by atoms with Gasteiger partial charge in [-0.15, -0.1) is 0 Å². The minimum atomic E-state index is -0.419. The van der Waals surface area contributed by atoms with Gasteiger partial charge in [-0.05, 0) is 31.6 Å². The molecule has 0 unspecified atom stereocenters. The van der Waals surface area contributed by atoms with Gasteiger partial charge in [0.15, 0.2) is 6.29 Å². The van der Waals surface area contributed by atoms with Gasteiger partial charge in [0, 0.05) is 23.9 Å². The van der Waals surface area contributed by atoms with Crippen LogP contribution in [0, 0.1) is 0 Å². The zero-order valence-electron chi connectivity index (χ0n) is 12.3. The maximum absolute atomic E-state index is 11.6. The summed E-state index contributed by atoms with van der Waals surface area (Å²) >= 11 is 3.44. The molecule has 0 fully saturated rings. The van der Waals surface area contributed by atoms with Gasteiger partial charge in [-0.25, -0.2) is 4.79 Å². The summed E-state index contributed by atoms with van der Waals surface area (Å²) in [7, 11) is 0. The van der Waals surface area contributed by atoms with Crippen LogP contribution in [-0.4, -0.2) is 32.1 Å². The number of rotatable bonds is 8. The summed E-state index contributed by atoms with van der Waals surface area (Å²) in [6.45, 7) is 5.14. The molecule has 21 heavy (non-hydrogen) atoms.